The number of imidazole rings is 1. The lowest BCUT2D eigenvalue weighted by Crippen LogP contribution is -1.99. The Labute approximate surface area is 116 Å². The molecule has 5 nitrogen and oxygen atoms in total. The third kappa shape index (κ3) is 2.73. The van der Waals surface area contributed by atoms with Crippen LogP contribution in [0, 0.1) is 0 Å². The van der Waals surface area contributed by atoms with Crippen LogP contribution in [0.4, 0.5) is 5.69 Å². The first kappa shape index (κ1) is 12.5. The van der Waals surface area contributed by atoms with Crippen LogP contribution in [-0.4, -0.2) is 14.7 Å². The number of furan rings is 1. The minimum atomic E-state index is -0.0733. The molecule has 5 heteroatoms. The summed E-state index contributed by atoms with van der Waals surface area (Å²) in [5, 5.41) is 12.2. The fourth-order valence-electron chi connectivity index (χ4n) is 1.98. The molecular weight excluding hydrogens is 254 g/mol. The molecule has 0 saturated heterocycles. The first-order valence-electron chi connectivity index (χ1n) is 6.36. The SMILES string of the molecule is OCc1ccc(CNc2cccc(-n3ccnc3)c2)o1. The van der Waals surface area contributed by atoms with Crippen LogP contribution in [0.15, 0.2) is 59.5 Å². The van der Waals surface area contributed by atoms with Crippen molar-refractivity contribution in [3.05, 3.63) is 66.6 Å². The van der Waals surface area contributed by atoms with Crippen molar-refractivity contribution < 1.29 is 9.52 Å². The number of benzene rings is 1. The van der Waals surface area contributed by atoms with Gasteiger partial charge in [0.05, 0.1) is 12.9 Å². The number of anilines is 1. The van der Waals surface area contributed by atoms with Crippen molar-refractivity contribution in [2.24, 2.45) is 0 Å². The molecule has 0 saturated carbocycles. The summed E-state index contributed by atoms with van der Waals surface area (Å²) in [6, 6.07) is 11.7. The second-order valence-corrected chi connectivity index (χ2v) is 4.40. The van der Waals surface area contributed by atoms with Crippen LogP contribution in [0.2, 0.25) is 0 Å². The first-order chi connectivity index (χ1) is 9.85. The maximum Gasteiger partial charge on any atom is 0.129 e. The lowest BCUT2D eigenvalue weighted by atomic mass is 10.2. The van der Waals surface area contributed by atoms with Crippen molar-refractivity contribution in [1.29, 1.82) is 0 Å². The van der Waals surface area contributed by atoms with Gasteiger partial charge in [0.2, 0.25) is 0 Å². The molecule has 3 rings (SSSR count). The zero-order valence-electron chi connectivity index (χ0n) is 10.9. The number of hydrogen-bond acceptors (Lipinski definition) is 4. The molecule has 0 atom stereocenters. The summed E-state index contributed by atoms with van der Waals surface area (Å²) in [6.07, 6.45) is 5.41. The summed E-state index contributed by atoms with van der Waals surface area (Å²) in [5.41, 5.74) is 2.04. The molecule has 3 aromatic rings. The number of nitrogens with one attached hydrogen (secondary N) is 1. The number of aromatic nitrogens is 2. The largest absolute Gasteiger partial charge is 0.462 e. The zero-order valence-corrected chi connectivity index (χ0v) is 10.9. The van der Waals surface area contributed by atoms with Crippen LogP contribution in [0.1, 0.15) is 11.5 Å². The molecule has 0 bridgehead atoms. The third-order valence-corrected chi connectivity index (χ3v) is 2.99. The molecule has 0 aliphatic rings. The standard InChI is InChI=1S/C15H15N3O2/c19-10-15-5-4-14(20-15)9-17-12-2-1-3-13(8-12)18-7-6-16-11-18/h1-8,11,17,19H,9-10H2. The van der Waals surface area contributed by atoms with Crippen molar-refractivity contribution in [3.63, 3.8) is 0 Å². The lowest BCUT2D eigenvalue weighted by Gasteiger charge is -2.07. The topological polar surface area (TPSA) is 63.2 Å². The highest BCUT2D eigenvalue weighted by Gasteiger charge is 2.02. The van der Waals surface area contributed by atoms with Gasteiger partial charge in [-0.25, -0.2) is 4.98 Å². The van der Waals surface area contributed by atoms with E-state index in [1.54, 1.807) is 18.6 Å². The van der Waals surface area contributed by atoms with E-state index in [9.17, 15) is 0 Å². The Bertz CT molecular complexity index is 674. The van der Waals surface area contributed by atoms with Gasteiger partial charge in [0.1, 0.15) is 18.1 Å². The van der Waals surface area contributed by atoms with Gasteiger partial charge in [-0.05, 0) is 30.3 Å². The van der Waals surface area contributed by atoms with E-state index in [0.29, 0.717) is 12.3 Å². The summed E-state index contributed by atoms with van der Waals surface area (Å²) < 4.78 is 7.38. The quantitative estimate of drug-likeness (QED) is 0.747. The Morgan fingerprint density at radius 2 is 2.10 bits per heavy atom. The summed E-state index contributed by atoms with van der Waals surface area (Å²) in [4.78, 5) is 4.04. The highest BCUT2D eigenvalue weighted by Crippen LogP contribution is 2.16. The van der Waals surface area contributed by atoms with Gasteiger partial charge in [0, 0.05) is 23.8 Å². The van der Waals surface area contributed by atoms with Crippen LogP contribution in [-0.2, 0) is 13.2 Å². The van der Waals surface area contributed by atoms with E-state index >= 15 is 0 Å². The first-order valence-corrected chi connectivity index (χ1v) is 6.36. The summed E-state index contributed by atoms with van der Waals surface area (Å²) in [5.74, 6) is 1.37. The van der Waals surface area contributed by atoms with E-state index in [0.717, 1.165) is 17.1 Å². The molecule has 0 unspecified atom stereocenters. The van der Waals surface area contributed by atoms with Crippen LogP contribution in [0.3, 0.4) is 0 Å². The van der Waals surface area contributed by atoms with Crippen molar-refractivity contribution in [2.75, 3.05) is 5.32 Å². The van der Waals surface area contributed by atoms with Gasteiger partial charge >= 0.3 is 0 Å². The molecule has 2 heterocycles. The predicted molar refractivity (Wildman–Crippen MR) is 75.5 cm³/mol. The molecule has 0 aliphatic heterocycles. The predicted octanol–water partition coefficient (Wildman–Crippen LogP) is 2.57. The monoisotopic (exact) mass is 269 g/mol. The number of aliphatic hydroxyl groups is 1. The molecule has 0 fully saturated rings. The van der Waals surface area contributed by atoms with Gasteiger partial charge in [-0.15, -0.1) is 0 Å². The maximum atomic E-state index is 8.96. The van der Waals surface area contributed by atoms with E-state index in [-0.39, 0.29) is 6.61 Å². The van der Waals surface area contributed by atoms with Crippen molar-refractivity contribution in [1.82, 2.24) is 9.55 Å². The van der Waals surface area contributed by atoms with Crippen molar-refractivity contribution in [2.45, 2.75) is 13.2 Å². The van der Waals surface area contributed by atoms with Crippen molar-refractivity contribution in [3.8, 4) is 5.69 Å². The van der Waals surface area contributed by atoms with Gasteiger partial charge in [-0.3, -0.25) is 0 Å². The van der Waals surface area contributed by atoms with Crippen molar-refractivity contribution >= 4 is 5.69 Å². The van der Waals surface area contributed by atoms with Crippen LogP contribution >= 0.6 is 0 Å². The van der Waals surface area contributed by atoms with E-state index in [2.05, 4.69) is 10.3 Å². The summed E-state index contributed by atoms with van der Waals surface area (Å²) >= 11 is 0. The van der Waals surface area contributed by atoms with Gasteiger partial charge < -0.3 is 19.4 Å². The molecule has 102 valence electrons. The number of rotatable bonds is 5. The Hall–Kier alpha value is -2.53. The highest BCUT2D eigenvalue weighted by molar-refractivity contribution is 5.51. The van der Waals surface area contributed by atoms with Crippen LogP contribution in [0.5, 0.6) is 0 Å². The minimum absolute atomic E-state index is 0.0733. The molecular formula is C15H15N3O2. The molecule has 0 aliphatic carbocycles. The summed E-state index contributed by atoms with van der Waals surface area (Å²) in [6.45, 7) is 0.503. The lowest BCUT2D eigenvalue weighted by molar-refractivity contribution is 0.244. The van der Waals surface area contributed by atoms with Gasteiger partial charge in [0.25, 0.3) is 0 Å². The second kappa shape index (κ2) is 5.63. The van der Waals surface area contributed by atoms with E-state index in [4.69, 9.17) is 9.52 Å². The molecule has 2 N–H and O–H groups in total. The average Bonchev–Trinajstić information content (AvgIpc) is 3.17. The highest BCUT2D eigenvalue weighted by atomic mass is 16.4. The average molecular weight is 269 g/mol. The van der Waals surface area contributed by atoms with E-state index < -0.39 is 0 Å². The number of aliphatic hydroxyl groups excluding tert-OH is 1. The molecule has 0 amide bonds. The fourth-order valence-corrected chi connectivity index (χ4v) is 1.98. The van der Waals surface area contributed by atoms with Crippen LogP contribution < -0.4 is 5.32 Å². The molecule has 0 spiro atoms. The summed E-state index contributed by atoms with van der Waals surface area (Å²) in [7, 11) is 0. The Kier molecular flexibility index (Phi) is 3.52. The Morgan fingerprint density at radius 1 is 1.20 bits per heavy atom. The van der Waals surface area contributed by atoms with Gasteiger partial charge in [0.15, 0.2) is 0 Å². The van der Waals surface area contributed by atoms with Crippen LogP contribution in [0.25, 0.3) is 5.69 Å². The Morgan fingerprint density at radius 3 is 2.85 bits per heavy atom. The zero-order chi connectivity index (χ0) is 13.8. The maximum absolute atomic E-state index is 8.96. The Balaban J connectivity index is 1.70. The van der Waals surface area contributed by atoms with Gasteiger partial charge in [-0.2, -0.15) is 0 Å². The molecule has 0 radical (unpaired) electrons. The number of nitrogens with zero attached hydrogens (tertiary/aromatic N) is 2. The van der Waals surface area contributed by atoms with Gasteiger partial charge in [-0.1, -0.05) is 6.07 Å². The second-order valence-electron chi connectivity index (χ2n) is 4.40. The van der Waals surface area contributed by atoms with E-state index in [1.807, 2.05) is 41.1 Å². The van der Waals surface area contributed by atoms with E-state index in [1.165, 1.54) is 0 Å². The minimum Gasteiger partial charge on any atom is -0.462 e. The molecule has 2 aromatic heterocycles. The molecule has 1 aromatic carbocycles. The normalized spacial score (nSPS) is 10.7. The smallest absolute Gasteiger partial charge is 0.129 e. The number of hydrogen-bond donors (Lipinski definition) is 2. The fraction of sp³-hybridized carbons (Fsp3) is 0.133. The molecule has 20 heavy (non-hydrogen) atoms. The third-order valence-electron chi connectivity index (χ3n) is 2.99.